The average molecular weight is 644 g/mol. The topological polar surface area (TPSA) is 3.24 Å². The molecule has 0 heterocycles. The highest BCUT2D eigenvalue weighted by Gasteiger charge is 2.14. The summed E-state index contributed by atoms with van der Waals surface area (Å²) in [5.41, 5.74) is 13.8. The van der Waals surface area contributed by atoms with Gasteiger partial charge in [0, 0.05) is 23.1 Å². The second-order valence-electron chi connectivity index (χ2n) is 12.5. The number of halogens is 2. The second-order valence-corrected chi connectivity index (χ2v) is 12.5. The number of nitrogens with zero attached hydrogens (tertiary/aromatic N) is 1. The van der Waals surface area contributed by atoms with E-state index in [4.69, 9.17) is 0 Å². The van der Waals surface area contributed by atoms with E-state index in [0.717, 1.165) is 50.3 Å². The number of hydrogen-bond acceptors (Lipinski definition) is 1. The minimum absolute atomic E-state index is 0.309. The van der Waals surface area contributed by atoms with Crippen LogP contribution in [0.1, 0.15) is 50.1 Å². The maximum Gasteiger partial charge on any atom is 0.123 e. The number of benzene rings is 6. The van der Waals surface area contributed by atoms with E-state index in [2.05, 4.69) is 142 Å². The summed E-state index contributed by atoms with van der Waals surface area (Å²) in [7, 11) is 0. The first kappa shape index (κ1) is 33.1. The van der Waals surface area contributed by atoms with Gasteiger partial charge in [0.15, 0.2) is 0 Å². The Hall–Kier alpha value is -5.80. The molecule has 0 unspecified atom stereocenters. The Morgan fingerprint density at radius 3 is 1.49 bits per heavy atom. The molecule has 0 saturated heterocycles. The molecule has 0 spiro atoms. The smallest absolute Gasteiger partial charge is 0.123 e. The summed E-state index contributed by atoms with van der Waals surface area (Å²) in [5, 5.41) is 0. The molecule has 49 heavy (non-hydrogen) atoms. The molecule has 0 fully saturated rings. The van der Waals surface area contributed by atoms with Crippen molar-refractivity contribution in [3.8, 4) is 0 Å². The van der Waals surface area contributed by atoms with Gasteiger partial charge in [0.25, 0.3) is 0 Å². The van der Waals surface area contributed by atoms with E-state index in [-0.39, 0.29) is 11.6 Å². The van der Waals surface area contributed by atoms with Gasteiger partial charge < -0.3 is 4.90 Å². The van der Waals surface area contributed by atoms with Crippen LogP contribution in [-0.4, -0.2) is 0 Å². The van der Waals surface area contributed by atoms with Crippen LogP contribution in [0, 0.1) is 39.3 Å². The number of rotatable bonds is 9. The molecule has 0 aliphatic carbocycles. The normalized spacial score (nSPS) is 11.0. The van der Waals surface area contributed by atoms with Crippen molar-refractivity contribution in [3.63, 3.8) is 0 Å². The highest BCUT2D eigenvalue weighted by molar-refractivity contribution is 5.85. The predicted octanol–water partition coefficient (Wildman–Crippen LogP) is 12.6. The zero-order valence-electron chi connectivity index (χ0n) is 28.3. The van der Waals surface area contributed by atoms with Gasteiger partial charge >= 0.3 is 0 Å². The molecule has 0 atom stereocenters. The molecule has 0 amide bonds. The van der Waals surface area contributed by atoms with E-state index >= 15 is 0 Å². The van der Waals surface area contributed by atoms with Gasteiger partial charge in [-0.25, -0.2) is 8.78 Å². The maximum absolute atomic E-state index is 14.0. The van der Waals surface area contributed by atoms with E-state index in [0.29, 0.717) is 0 Å². The van der Waals surface area contributed by atoms with Crippen LogP contribution in [0.25, 0.3) is 17.2 Å². The van der Waals surface area contributed by atoms with Gasteiger partial charge in [-0.05, 0) is 121 Å². The van der Waals surface area contributed by atoms with Gasteiger partial charge in [0.2, 0.25) is 0 Å². The Balaban J connectivity index is 1.40. The van der Waals surface area contributed by atoms with Gasteiger partial charge in [-0.2, -0.15) is 0 Å². The lowest BCUT2D eigenvalue weighted by molar-refractivity contribution is 0.627. The molecule has 0 N–H and O–H groups in total. The maximum atomic E-state index is 14.0. The van der Waals surface area contributed by atoms with Crippen LogP contribution >= 0.6 is 0 Å². The molecule has 242 valence electrons. The van der Waals surface area contributed by atoms with E-state index in [1.165, 1.54) is 46.5 Å². The van der Waals surface area contributed by atoms with Crippen LogP contribution < -0.4 is 4.90 Å². The Morgan fingerprint density at radius 2 is 0.980 bits per heavy atom. The zero-order chi connectivity index (χ0) is 34.3. The van der Waals surface area contributed by atoms with Crippen LogP contribution in [0.2, 0.25) is 0 Å². The highest BCUT2D eigenvalue weighted by Crippen LogP contribution is 2.34. The lowest BCUT2D eigenvalue weighted by atomic mass is 9.95. The lowest BCUT2D eigenvalue weighted by Crippen LogP contribution is -2.11. The van der Waals surface area contributed by atoms with Crippen molar-refractivity contribution in [3.05, 3.63) is 220 Å². The van der Waals surface area contributed by atoms with Crippen molar-refractivity contribution in [2.45, 2.75) is 27.7 Å². The van der Waals surface area contributed by atoms with Crippen molar-refractivity contribution in [2.75, 3.05) is 4.90 Å². The van der Waals surface area contributed by atoms with Crippen molar-refractivity contribution >= 4 is 28.6 Å². The summed E-state index contributed by atoms with van der Waals surface area (Å²) >= 11 is 0. The Bertz CT molecular complexity index is 2040. The molecule has 0 bridgehead atoms. The standard InChI is InChI=1S/C46H39F2N/c1-32-11-15-37(16-12-32)45(38-17-13-33(2)14-18-38)10-6-8-36-23-28-44(30-35(36)4)49(43-9-5-7-34(3)29-43)31-46(39-19-24-41(47)25-20-39)40-21-26-42(48)27-22-40/h5-31H,1-4H3/b8-6+. The number of anilines is 2. The van der Waals surface area contributed by atoms with Gasteiger partial charge in [0.1, 0.15) is 11.6 Å². The van der Waals surface area contributed by atoms with E-state index in [9.17, 15) is 8.78 Å². The summed E-state index contributed by atoms with van der Waals surface area (Å²) in [5.74, 6) is -0.617. The third-order valence-electron chi connectivity index (χ3n) is 8.64. The molecule has 6 rings (SSSR count). The van der Waals surface area contributed by atoms with Gasteiger partial charge in [0.05, 0.1) is 0 Å². The van der Waals surface area contributed by atoms with Crippen LogP contribution in [0.4, 0.5) is 20.2 Å². The molecule has 6 aromatic rings. The summed E-state index contributed by atoms with van der Waals surface area (Å²) < 4.78 is 27.9. The first-order valence-electron chi connectivity index (χ1n) is 16.5. The fourth-order valence-corrected chi connectivity index (χ4v) is 5.85. The summed E-state index contributed by atoms with van der Waals surface area (Å²) in [6.07, 6.45) is 8.51. The third kappa shape index (κ3) is 8.20. The fraction of sp³-hybridized carbons (Fsp3) is 0.0870. The average Bonchev–Trinajstić information content (AvgIpc) is 3.10. The Labute approximate surface area is 288 Å². The summed E-state index contributed by atoms with van der Waals surface area (Å²) in [6, 6.07) is 44.9. The molecular weight excluding hydrogens is 605 g/mol. The molecule has 1 nitrogen and oxygen atoms in total. The Kier molecular flexibility index (Phi) is 10.1. The van der Waals surface area contributed by atoms with Crippen LogP contribution in [-0.2, 0) is 0 Å². The van der Waals surface area contributed by atoms with Gasteiger partial charge in [-0.3, -0.25) is 0 Å². The van der Waals surface area contributed by atoms with Crippen molar-refractivity contribution < 1.29 is 8.78 Å². The first-order valence-corrected chi connectivity index (χ1v) is 16.5. The molecular formula is C46H39F2N. The molecule has 0 aliphatic rings. The van der Waals surface area contributed by atoms with Crippen molar-refractivity contribution in [1.29, 1.82) is 0 Å². The SMILES string of the molecule is Cc1ccc(C(=C/C=C/c2ccc(N(C=C(c3ccc(F)cc3)c3ccc(F)cc3)c3cccc(C)c3)cc2C)c2ccc(C)cc2)cc1. The summed E-state index contributed by atoms with van der Waals surface area (Å²) in [6.45, 7) is 8.40. The Morgan fingerprint density at radius 1 is 0.490 bits per heavy atom. The van der Waals surface area contributed by atoms with E-state index < -0.39 is 0 Å². The third-order valence-corrected chi connectivity index (χ3v) is 8.64. The molecule has 0 radical (unpaired) electrons. The fourth-order valence-electron chi connectivity index (χ4n) is 5.85. The zero-order valence-corrected chi connectivity index (χ0v) is 28.3. The molecule has 3 heteroatoms. The highest BCUT2D eigenvalue weighted by atomic mass is 19.1. The second kappa shape index (κ2) is 15.0. The minimum Gasteiger partial charge on any atom is -0.317 e. The van der Waals surface area contributed by atoms with Crippen molar-refractivity contribution in [1.82, 2.24) is 0 Å². The lowest BCUT2D eigenvalue weighted by Gasteiger charge is -2.24. The molecule has 0 aliphatic heterocycles. The largest absolute Gasteiger partial charge is 0.317 e. The number of aryl methyl sites for hydroxylation is 4. The van der Waals surface area contributed by atoms with E-state index in [1.807, 2.05) is 6.07 Å². The van der Waals surface area contributed by atoms with Crippen molar-refractivity contribution in [2.24, 2.45) is 0 Å². The molecule has 6 aromatic carbocycles. The van der Waals surface area contributed by atoms with Gasteiger partial charge in [-0.15, -0.1) is 0 Å². The number of hydrogen-bond donors (Lipinski definition) is 0. The first-order chi connectivity index (χ1) is 23.7. The number of allylic oxidation sites excluding steroid dienone is 2. The monoisotopic (exact) mass is 643 g/mol. The van der Waals surface area contributed by atoms with Crippen LogP contribution in [0.5, 0.6) is 0 Å². The predicted molar refractivity (Wildman–Crippen MR) is 203 cm³/mol. The quantitative estimate of drug-likeness (QED) is 0.142. The molecule has 0 aromatic heterocycles. The van der Waals surface area contributed by atoms with Crippen LogP contribution in [0.15, 0.2) is 158 Å². The minimum atomic E-state index is -0.309. The molecule has 0 saturated carbocycles. The summed E-state index contributed by atoms with van der Waals surface area (Å²) in [4.78, 5) is 2.14. The van der Waals surface area contributed by atoms with Crippen LogP contribution in [0.3, 0.4) is 0 Å². The van der Waals surface area contributed by atoms with Gasteiger partial charge in [-0.1, -0.05) is 120 Å². The van der Waals surface area contributed by atoms with E-state index in [1.54, 1.807) is 24.3 Å².